The van der Waals surface area contributed by atoms with Crippen LogP contribution in [0.3, 0.4) is 0 Å². The van der Waals surface area contributed by atoms with Gasteiger partial charge in [0.25, 0.3) is 0 Å². The molecule has 30 heavy (non-hydrogen) atoms. The molecule has 0 aliphatic carbocycles. The van der Waals surface area contributed by atoms with Crippen LogP contribution in [0.25, 0.3) is 0 Å². The van der Waals surface area contributed by atoms with E-state index in [2.05, 4.69) is 29.8 Å². The van der Waals surface area contributed by atoms with Gasteiger partial charge in [0.2, 0.25) is 12.3 Å². The van der Waals surface area contributed by atoms with Gasteiger partial charge < -0.3 is 14.0 Å². The number of rotatable bonds is 6. The highest BCUT2D eigenvalue weighted by Crippen LogP contribution is 2.31. The minimum atomic E-state index is -0.0921. The summed E-state index contributed by atoms with van der Waals surface area (Å²) >= 11 is 0. The first kappa shape index (κ1) is 20.2. The number of hydrogen-bond donors (Lipinski definition) is 0. The monoisotopic (exact) mass is 405 g/mol. The predicted molar refractivity (Wildman–Crippen MR) is 115 cm³/mol. The van der Waals surface area contributed by atoms with Crippen LogP contribution < -0.4 is 14.0 Å². The maximum Gasteiger partial charge on any atom is 0.229 e. The SMILES string of the molecule is CCc1ccc(C)[n+](CC(=O)c2cc(C)n(C[C@@H]3COc4ccccc4O3)c2C)c1. The van der Waals surface area contributed by atoms with E-state index in [9.17, 15) is 4.79 Å². The summed E-state index contributed by atoms with van der Waals surface area (Å²) in [5.41, 5.74) is 5.13. The molecule has 1 atom stereocenters. The molecule has 0 saturated carbocycles. The number of carbonyl (C=O) groups excluding carboxylic acids is 1. The van der Waals surface area contributed by atoms with Gasteiger partial charge in [0, 0.05) is 35.5 Å². The first-order chi connectivity index (χ1) is 14.5. The lowest BCUT2D eigenvalue weighted by molar-refractivity contribution is -0.689. The minimum Gasteiger partial charge on any atom is -0.486 e. The second-order valence-electron chi connectivity index (χ2n) is 7.98. The highest BCUT2D eigenvalue weighted by Gasteiger charge is 2.25. The van der Waals surface area contributed by atoms with Crippen molar-refractivity contribution in [1.82, 2.24) is 4.57 Å². The van der Waals surface area contributed by atoms with Crippen molar-refractivity contribution in [3.05, 3.63) is 76.9 Å². The normalized spacial score (nSPS) is 15.3. The fraction of sp³-hybridized carbons (Fsp3) is 0.360. The average molecular weight is 406 g/mol. The first-order valence-electron chi connectivity index (χ1n) is 10.5. The van der Waals surface area contributed by atoms with Gasteiger partial charge in [-0.05, 0) is 44.5 Å². The summed E-state index contributed by atoms with van der Waals surface area (Å²) in [6, 6.07) is 13.9. The fourth-order valence-corrected chi connectivity index (χ4v) is 4.01. The minimum absolute atomic E-state index is 0.0921. The van der Waals surface area contributed by atoms with Gasteiger partial charge in [0.1, 0.15) is 6.61 Å². The number of carbonyl (C=O) groups is 1. The van der Waals surface area contributed by atoms with Crippen LogP contribution in [-0.4, -0.2) is 23.1 Å². The summed E-state index contributed by atoms with van der Waals surface area (Å²) in [6.07, 6.45) is 2.94. The summed E-state index contributed by atoms with van der Waals surface area (Å²) in [7, 11) is 0. The number of aryl methyl sites for hydroxylation is 3. The number of hydrogen-bond acceptors (Lipinski definition) is 3. The Bertz CT molecular complexity index is 1080. The quantitative estimate of drug-likeness (QED) is 0.460. The molecular weight excluding hydrogens is 376 g/mol. The smallest absolute Gasteiger partial charge is 0.229 e. The van der Waals surface area contributed by atoms with Gasteiger partial charge in [-0.15, -0.1) is 0 Å². The van der Waals surface area contributed by atoms with Gasteiger partial charge in [-0.3, -0.25) is 4.79 Å². The standard InChI is InChI=1S/C25H29N2O3/c1-5-20-11-10-17(2)26(13-20)15-23(28)22-12-18(3)27(19(22)4)14-21-16-29-24-8-6-7-9-25(24)30-21/h6-13,21H,5,14-16H2,1-4H3/q+1/t21-/m1/s1. The van der Waals surface area contributed by atoms with Gasteiger partial charge in [0.15, 0.2) is 29.5 Å². The molecule has 156 valence electrons. The molecule has 0 amide bonds. The van der Waals surface area contributed by atoms with E-state index < -0.39 is 0 Å². The van der Waals surface area contributed by atoms with E-state index in [1.54, 1.807) is 0 Å². The van der Waals surface area contributed by atoms with Crippen LogP contribution >= 0.6 is 0 Å². The molecule has 0 saturated heterocycles. The molecular formula is C25H29N2O3+. The third-order valence-electron chi connectivity index (χ3n) is 5.86. The Morgan fingerprint density at radius 3 is 2.67 bits per heavy atom. The Balaban J connectivity index is 1.52. The van der Waals surface area contributed by atoms with E-state index in [0.29, 0.717) is 19.7 Å². The fourth-order valence-electron chi connectivity index (χ4n) is 4.01. The molecule has 1 aromatic carbocycles. The zero-order chi connectivity index (χ0) is 21.3. The average Bonchev–Trinajstić information content (AvgIpc) is 3.03. The van der Waals surface area contributed by atoms with Crippen molar-refractivity contribution in [3.63, 3.8) is 0 Å². The molecule has 5 nitrogen and oxygen atoms in total. The number of ether oxygens (including phenoxy) is 2. The number of pyridine rings is 1. The van der Waals surface area contributed by atoms with E-state index in [1.807, 2.05) is 55.7 Å². The topological polar surface area (TPSA) is 44.3 Å². The molecule has 3 aromatic rings. The van der Waals surface area contributed by atoms with E-state index in [4.69, 9.17) is 9.47 Å². The zero-order valence-corrected chi connectivity index (χ0v) is 18.1. The van der Waals surface area contributed by atoms with Crippen molar-refractivity contribution >= 4 is 5.78 Å². The number of nitrogens with zero attached hydrogens (tertiary/aromatic N) is 2. The Morgan fingerprint density at radius 1 is 1.13 bits per heavy atom. The molecule has 1 aliphatic rings. The second kappa shape index (κ2) is 8.34. The summed E-state index contributed by atoms with van der Waals surface area (Å²) in [4.78, 5) is 13.1. The van der Waals surface area contributed by atoms with Crippen LogP contribution in [-0.2, 0) is 19.5 Å². The molecule has 0 N–H and O–H groups in total. The molecule has 4 rings (SSSR count). The van der Waals surface area contributed by atoms with Gasteiger partial charge >= 0.3 is 0 Å². The highest BCUT2D eigenvalue weighted by atomic mass is 16.6. The summed E-state index contributed by atoms with van der Waals surface area (Å²) in [6.45, 7) is 9.71. The Hall–Kier alpha value is -3.08. The number of benzene rings is 1. The highest BCUT2D eigenvalue weighted by molar-refractivity contribution is 5.96. The van der Waals surface area contributed by atoms with Crippen LogP contribution in [0.15, 0.2) is 48.7 Å². The Kier molecular flexibility index (Phi) is 5.62. The van der Waals surface area contributed by atoms with Gasteiger partial charge in [-0.25, -0.2) is 0 Å². The second-order valence-corrected chi connectivity index (χ2v) is 7.98. The third-order valence-corrected chi connectivity index (χ3v) is 5.86. The predicted octanol–water partition coefficient (Wildman–Crippen LogP) is 3.99. The van der Waals surface area contributed by atoms with E-state index >= 15 is 0 Å². The van der Waals surface area contributed by atoms with Crippen molar-refractivity contribution in [1.29, 1.82) is 0 Å². The Morgan fingerprint density at radius 2 is 1.90 bits per heavy atom. The molecule has 3 heterocycles. The Labute approximate surface area is 177 Å². The number of fused-ring (bicyclic) bond motifs is 1. The number of aromatic nitrogens is 2. The summed E-state index contributed by atoms with van der Waals surface area (Å²) in [5, 5.41) is 0. The largest absolute Gasteiger partial charge is 0.486 e. The van der Waals surface area contributed by atoms with Crippen LogP contribution in [0, 0.1) is 20.8 Å². The number of Topliss-reactive ketones (excluding diaryl/α,β-unsaturated/α-hetero) is 1. The lowest BCUT2D eigenvalue weighted by Crippen LogP contribution is -2.41. The van der Waals surface area contributed by atoms with Crippen molar-refractivity contribution in [2.24, 2.45) is 0 Å². The van der Waals surface area contributed by atoms with Crippen molar-refractivity contribution in [2.75, 3.05) is 6.61 Å². The van der Waals surface area contributed by atoms with Crippen LogP contribution in [0.2, 0.25) is 0 Å². The maximum atomic E-state index is 13.1. The van der Waals surface area contributed by atoms with Gasteiger partial charge in [0.05, 0.1) is 6.54 Å². The van der Waals surface area contributed by atoms with E-state index in [-0.39, 0.29) is 11.9 Å². The first-order valence-corrected chi connectivity index (χ1v) is 10.5. The van der Waals surface area contributed by atoms with Crippen molar-refractivity contribution in [3.8, 4) is 11.5 Å². The lowest BCUT2D eigenvalue weighted by Gasteiger charge is -2.27. The van der Waals surface area contributed by atoms with Crippen molar-refractivity contribution in [2.45, 2.75) is 53.3 Å². The molecule has 1 aliphatic heterocycles. The van der Waals surface area contributed by atoms with Gasteiger partial charge in [-0.2, -0.15) is 4.57 Å². The molecule has 2 aromatic heterocycles. The van der Waals surface area contributed by atoms with Gasteiger partial charge in [-0.1, -0.05) is 19.1 Å². The number of ketones is 1. The van der Waals surface area contributed by atoms with Crippen molar-refractivity contribution < 1.29 is 18.8 Å². The summed E-state index contributed by atoms with van der Waals surface area (Å²) < 4.78 is 16.2. The molecule has 0 bridgehead atoms. The molecule has 0 radical (unpaired) electrons. The van der Waals surface area contributed by atoms with Crippen LogP contribution in [0.1, 0.15) is 39.9 Å². The molecule has 0 fully saturated rings. The zero-order valence-electron chi connectivity index (χ0n) is 18.1. The van der Waals surface area contributed by atoms with E-state index in [0.717, 1.165) is 40.6 Å². The van der Waals surface area contributed by atoms with Crippen LogP contribution in [0.4, 0.5) is 0 Å². The maximum absolute atomic E-state index is 13.1. The molecule has 0 spiro atoms. The van der Waals surface area contributed by atoms with Crippen LogP contribution in [0.5, 0.6) is 11.5 Å². The number of para-hydroxylation sites is 2. The molecule has 5 heteroatoms. The molecule has 0 unspecified atom stereocenters. The van der Waals surface area contributed by atoms with E-state index in [1.165, 1.54) is 5.56 Å². The third kappa shape index (κ3) is 3.97. The lowest BCUT2D eigenvalue weighted by atomic mass is 10.1. The summed E-state index contributed by atoms with van der Waals surface area (Å²) in [5.74, 6) is 1.68.